The number of ketones is 1. The Bertz CT molecular complexity index is 563. The molecule has 0 fully saturated rings. The maximum Gasteiger partial charge on any atom is 0.141 e. The molecule has 0 atom stereocenters. The van der Waals surface area contributed by atoms with Crippen LogP contribution in [0.15, 0.2) is 40.2 Å². The summed E-state index contributed by atoms with van der Waals surface area (Å²) < 4.78 is 1.10. The van der Waals surface area contributed by atoms with Gasteiger partial charge in [-0.1, -0.05) is 24.3 Å². The zero-order valence-electron chi connectivity index (χ0n) is 9.86. The number of hydrogen-bond acceptors (Lipinski definition) is 2. The Morgan fingerprint density at radius 1 is 1.17 bits per heavy atom. The molecular weight excluding hydrogens is 308 g/mol. The Morgan fingerprint density at radius 3 is 2.39 bits per heavy atom. The zero-order valence-corrected chi connectivity index (χ0v) is 12.3. The molecule has 3 heteroatoms. The van der Waals surface area contributed by atoms with Crippen LogP contribution in [-0.4, -0.2) is 5.78 Å². The van der Waals surface area contributed by atoms with Crippen LogP contribution in [0.2, 0.25) is 0 Å². The second-order valence-electron chi connectivity index (χ2n) is 4.72. The first-order valence-corrected chi connectivity index (χ1v) is 7.67. The van der Waals surface area contributed by atoms with E-state index in [1.54, 1.807) is 11.3 Å². The maximum absolute atomic E-state index is 12.3. The largest absolute Gasteiger partial charge is 0.299 e. The van der Waals surface area contributed by atoms with Crippen molar-refractivity contribution in [3.8, 4) is 0 Å². The van der Waals surface area contributed by atoms with E-state index >= 15 is 0 Å². The average molecular weight is 321 g/mol. The van der Waals surface area contributed by atoms with Gasteiger partial charge in [0.05, 0.1) is 3.79 Å². The van der Waals surface area contributed by atoms with E-state index in [0.29, 0.717) is 12.2 Å². The van der Waals surface area contributed by atoms with Gasteiger partial charge in [-0.25, -0.2) is 0 Å². The monoisotopic (exact) mass is 320 g/mol. The van der Waals surface area contributed by atoms with Gasteiger partial charge in [0.25, 0.3) is 0 Å². The van der Waals surface area contributed by atoms with Crippen LogP contribution in [0.3, 0.4) is 0 Å². The molecule has 0 radical (unpaired) electrons. The summed E-state index contributed by atoms with van der Waals surface area (Å²) in [5.74, 6) is 0.559. The van der Waals surface area contributed by atoms with E-state index in [2.05, 4.69) is 40.2 Å². The van der Waals surface area contributed by atoms with Crippen LogP contribution >= 0.6 is 27.3 Å². The molecule has 0 unspecified atom stereocenters. The molecule has 0 bridgehead atoms. The number of hydrogen-bond donors (Lipinski definition) is 0. The Hall–Kier alpha value is -0.930. The third kappa shape index (κ3) is 2.43. The molecule has 1 aromatic heterocycles. The van der Waals surface area contributed by atoms with Crippen LogP contribution < -0.4 is 0 Å². The Morgan fingerprint density at radius 2 is 1.83 bits per heavy atom. The highest BCUT2D eigenvalue weighted by molar-refractivity contribution is 9.11. The molecule has 1 heterocycles. The number of fused-ring (bicyclic) bond motifs is 1. The fraction of sp³-hybridized carbons (Fsp3) is 0.267. The molecule has 2 aromatic rings. The van der Waals surface area contributed by atoms with Gasteiger partial charge in [-0.3, -0.25) is 4.79 Å². The third-order valence-corrected chi connectivity index (χ3v) is 5.11. The second-order valence-corrected chi connectivity index (χ2v) is 7.27. The molecule has 1 aliphatic carbocycles. The molecule has 0 amide bonds. The van der Waals surface area contributed by atoms with Crippen molar-refractivity contribution in [2.24, 2.45) is 5.92 Å². The molecule has 1 nitrogen and oxygen atoms in total. The molecule has 0 spiro atoms. The lowest BCUT2D eigenvalue weighted by molar-refractivity contribution is -0.121. The number of Topliss-reactive ketones (excluding diaryl/α,β-unsaturated/α-hetero) is 1. The molecule has 1 aliphatic rings. The van der Waals surface area contributed by atoms with Gasteiger partial charge < -0.3 is 0 Å². The SMILES string of the molecule is O=C(Cc1ccc(Br)s1)C1Cc2ccccc2C1. The molecule has 0 saturated heterocycles. The van der Waals surface area contributed by atoms with E-state index in [-0.39, 0.29) is 5.92 Å². The number of halogens is 1. The summed E-state index contributed by atoms with van der Waals surface area (Å²) in [6.45, 7) is 0. The predicted octanol–water partition coefficient (Wildman–Crippen LogP) is 4.04. The van der Waals surface area contributed by atoms with Gasteiger partial charge in [0.15, 0.2) is 0 Å². The molecule has 3 rings (SSSR count). The van der Waals surface area contributed by atoms with Crippen LogP contribution in [0.1, 0.15) is 16.0 Å². The van der Waals surface area contributed by atoms with Gasteiger partial charge in [0, 0.05) is 17.2 Å². The van der Waals surface area contributed by atoms with E-state index in [9.17, 15) is 4.79 Å². The highest BCUT2D eigenvalue weighted by Gasteiger charge is 2.26. The first kappa shape index (κ1) is 12.1. The van der Waals surface area contributed by atoms with Crippen LogP contribution in [0.4, 0.5) is 0 Å². The minimum absolute atomic E-state index is 0.184. The molecule has 0 saturated carbocycles. The van der Waals surface area contributed by atoms with E-state index in [0.717, 1.165) is 21.5 Å². The summed E-state index contributed by atoms with van der Waals surface area (Å²) in [6.07, 6.45) is 2.41. The average Bonchev–Trinajstić information content (AvgIpc) is 2.95. The summed E-state index contributed by atoms with van der Waals surface area (Å²) in [6, 6.07) is 12.4. The van der Waals surface area contributed by atoms with Gasteiger partial charge in [-0.05, 0) is 52.0 Å². The highest BCUT2D eigenvalue weighted by atomic mass is 79.9. The zero-order chi connectivity index (χ0) is 12.5. The van der Waals surface area contributed by atoms with Gasteiger partial charge in [-0.2, -0.15) is 0 Å². The molecule has 0 N–H and O–H groups in total. The standard InChI is InChI=1S/C15H13BrOS/c16-15-6-5-13(18-15)9-14(17)12-7-10-3-1-2-4-11(10)8-12/h1-6,12H,7-9H2. The minimum Gasteiger partial charge on any atom is -0.299 e. The molecule has 92 valence electrons. The second kappa shape index (κ2) is 4.98. The lowest BCUT2D eigenvalue weighted by atomic mass is 9.98. The van der Waals surface area contributed by atoms with E-state index < -0.39 is 0 Å². The van der Waals surface area contributed by atoms with Crippen molar-refractivity contribution in [1.82, 2.24) is 0 Å². The van der Waals surface area contributed by atoms with Crippen LogP contribution in [0, 0.1) is 5.92 Å². The van der Waals surface area contributed by atoms with Gasteiger partial charge in [-0.15, -0.1) is 11.3 Å². The summed E-state index contributed by atoms with van der Waals surface area (Å²) in [5.41, 5.74) is 2.70. The van der Waals surface area contributed by atoms with E-state index in [1.165, 1.54) is 11.1 Å². The van der Waals surface area contributed by atoms with Crippen molar-refractivity contribution in [3.05, 3.63) is 56.2 Å². The summed E-state index contributed by atoms with van der Waals surface area (Å²) in [5, 5.41) is 0. The lowest BCUT2D eigenvalue weighted by Crippen LogP contribution is -2.16. The van der Waals surface area contributed by atoms with Crippen molar-refractivity contribution < 1.29 is 4.79 Å². The van der Waals surface area contributed by atoms with Crippen molar-refractivity contribution in [3.63, 3.8) is 0 Å². The molecule has 0 aliphatic heterocycles. The van der Waals surface area contributed by atoms with E-state index in [1.807, 2.05) is 12.1 Å². The Balaban J connectivity index is 1.69. The number of benzene rings is 1. The number of rotatable bonds is 3. The summed E-state index contributed by atoms with van der Waals surface area (Å²) in [4.78, 5) is 13.4. The minimum atomic E-state index is 0.184. The summed E-state index contributed by atoms with van der Waals surface area (Å²) in [7, 11) is 0. The van der Waals surface area contributed by atoms with Gasteiger partial charge in [0.1, 0.15) is 5.78 Å². The van der Waals surface area contributed by atoms with Crippen molar-refractivity contribution in [2.45, 2.75) is 19.3 Å². The quantitative estimate of drug-likeness (QED) is 0.834. The van der Waals surface area contributed by atoms with Crippen LogP contribution in [0.5, 0.6) is 0 Å². The lowest BCUT2D eigenvalue weighted by Gasteiger charge is -2.06. The summed E-state index contributed by atoms with van der Waals surface area (Å²) >= 11 is 5.09. The fourth-order valence-corrected chi connectivity index (χ4v) is 4.04. The number of carbonyl (C=O) groups excluding carboxylic acids is 1. The smallest absolute Gasteiger partial charge is 0.141 e. The van der Waals surface area contributed by atoms with Crippen LogP contribution in [-0.2, 0) is 24.1 Å². The molecule has 18 heavy (non-hydrogen) atoms. The first-order chi connectivity index (χ1) is 8.72. The molecular formula is C15H13BrOS. The topological polar surface area (TPSA) is 17.1 Å². The maximum atomic E-state index is 12.3. The van der Waals surface area contributed by atoms with Gasteiger partial charge >= 0.3 is 0 Å². The van der Waals surface area contributed by atoms with Crippen molar-refractivity contribution >= 4 is 33.0 Å². The molecule has 1 aromatic carbocycles. The normalized spacial score (nSPS) is 14.7. The predicted molar refractivity (Wildman–Crippen MR) is 78.1 cm³/mol. The fourth-order valence-electron chi connectivity index (χ4n) is 2.55. The number of thiophene rings is 1. The van der Waals surface area contributed by atoms with Crippen molar-refractivity contribution in [2.75, 3.05) is 0 Å². The Labute approximate surface area is 119 Å². The van der Waals surface area contributed by atoms with Crippen molar-refractivity contribution in [1.29, 1.82) is 0 Å². The first-order valence-electron chi connectivity index (χ1n) is 6.06. The Kier molecular flexibility index (Phi) is 3.35. The number of carbonyl (C=O) groups is 1. The van der Waals surface area contributed by atoms with Crippen LogP contribution in [0.25, 0.3) is 0 Å². The highest BCUT2D eigenvalue weighted by Crippen LogP contribution is 2.29. The van der Waals surface area contributed by atoms with Gasteiger partial charge in [0.2, 0.25) is 0 Å². The van der Waals surface area contributed by atoms with E-state index in [4.69, 9.17) is 0 Å². The third-order valence-electron chi connectivity index (χ3n) is 3.48.